The fraction of sp³-hybridized carbons (Fsp3) is 0.318. The summed E-state index contributed by atoms with van der Waals surface area (Å²) >= 11 is 6.03. The van der Waals surface area contributed by atoms with E-state index in [1.165, 1.54) is 0 Å². The number of likely N-dealkylation sites (N-methyl/N-ethyl adjacent to an activating group) is 2. The average molecular weight is 413 g/mol. The number of rotatable bonds is 8. The molecule has 0 fully saturated rings. The van der Waals surface area contributed by atoms with Gasteiger partial charge in [0, 0.05) is 44.1 Å². The number of hydrogen-bond acceptors (Lipinski definition) is 5. The lowest BCUT2D eigenvalue weighted by Gasteiger charge is -2.24. The van der Waals surface area contributed by atoms with Crippen molar-refractivity contribution in [1.82, 2.24) is 15.1 Å². The van der Waals surface area contributed by atoms with E-state index in [1.54, 1.807) is 12.1 Å². The van der Waals surface area contributed by atoms with Gasteiger partial charge in [-0.3, -0.25) is 9.59 Å². The minimum atomic E-state index is -0.313. The van der Waals surface area contributed by atoms with Gasteiger partial charge in [-0.15, -0.1) is 0 Å². The highest BCUT2D eigenvalue weighted by Crippen LogP contribution is 2.22. The van der Waals surface area contributed by atoms with Crippen LogP contribution < -0.4 is 10.5 Å². The molecule has 6 nitrogen and oxygen atoms in total. The van der Waals surface area contributed by atoms with Crippen LogP contribution in [0.3, 0.4) is 0 Å². The third-order valence-corrected chi connectivity index (χ3v) is 5.17. The first-order valence-corrected chi connectivity index (χ1v) is 9.85. The summed E-state index contributed by atoms with van der Waals surface area (Å²) in [5, 5.41) is 7.40. The highest BCUT2D eigenvalue weighted by Gasteiger charge is 2.13. The smallest absolute Gasteiger partial charge is 0.272 e. The molecule has 0 saturated heterocycles. The predicted molar refractivity (Wildman–Crippen MR) is 118 cm³/mol. The van der Waals surface area contributed by atoms with Gasteiger partial charge in [-0.05, 0) is 37.4 Å². The number of halogens is 1. The van der Waals surface area contributed by atoms with Crippen LogP contribution in [0.15, 0.2) is 47.3 Å². The van der Waals surface area contributed by atoms with Crippen molar-refractivity contribution in [2.75, 3.05) is 39.1 Å². The highest BCUT2D eigenvalue weighted by atomic mass is 35.5. The fourth-order valence-corrected chi connectivity index (χ4v) is 3.50. The van der Waals surface area contributed by atoms with Crippen molar-refractivity contribution in [1.29, 1.82) is 0 Å². The Morgan fingerprint density at radius 2 is 1.79 bits per heavy atom. The van der Waals surface area contributed by atoms with Crippen molar-refractivity contribution < 1.29 is 4.79 Å². The third-order valence-electron chi connectivity index (χ3n) is 4.88. The molecule has 7 heteroatoms. The van der Waals surface area contributed by atoms with Gasteiger partial charge in [0.2, 0.25) is 0 Å². The number of nitrogens with one attached hydrogen (secondary N) is 1. The average Bonchev–Trinajstić information content (AvgIpc) is 2.69. The molecule has 0 amide bonds. The molecule has 0 aliphatic carbocycles. The van der Waals surface area contributed by atoms with Gasteiger partial charge in [-0.25, -0.2) is 5.10 Å². The summed E-state index contributed by atoms with van der Waals surface area (Å²) in [7, 11) is 6.13. The van der Waals surface area contributed by atoms with Gasteiger partial charge in [-0.2, -0.15) is 5.10 Å². The van der Waals surface area contributed by atoms with E-state index in [9.17, 15) is 9.59 Å². The van der Waals surface area contributed by atoms with Gasteiger partial charge >= 0.3 is 0 Å². The number of fused-ring (bicyclic) bond motifs is 1. The van der Waals surface area contributed by atoms with Crippen molar-refractivity contribution in [3.05, 3.63) is 69.1 Å². The molecule has 1 N–H and O–H groups in total. The van der Waals surface area contributed by atoms with Crippen molar-refractivity contribution >= 4 is 33.8 Å². The molecule has 1 heterocycles. The molecule has 29 heavy (non-hydrogen) atoms. The number of ketones is 1. The molecule has 3 rings (SSSR count). The van der Waals surface area contributed by atoms with Crippen LogP contribution in [-0.2, 0) is 17.6 Å². The van der Waals surface area contributed by atoms with Crippen LogP contribution in [0.5, 0.6) is 0 Å². The summed E-state index contributed by atoms with van der Waals surface area (Å²) in [4.78, 5) is 29.1. The SMILES string of the molecule is CN(C)CCN(C)c1ccccc1CC(=O)Cc1ccc2c(Cl)n[nH]c(=O)c2c1. The van der Waals surface area contributed by atoms with Gasteiger partial charge in [0.05, 0.1) is 5.39 Å². The number of para-hydroxylation sites is 1. The van der Waals surface area contributed by atoms with E-state index in [1.807, 2.05) is 51.5 Å². The molecule has 0 bridgehead atoms. The molecule has 152 valence electrons. The maximum Gasteiger partial charge on any atom is 0.272 e. The molecule has 1 aromatic heterocycles. The van der Waals surface area contributed by atoms with Crippen molar-refractivity contribution in [3.8, 4) is 0 Å². The number of benzene rings is 2. The Hall–Kier alpha value is -2.70. The van der Waals surface area contributed by atoms with Crippen LogP contribution in [0.25, 0.3) is 10.8 Å². The van der Waals surface area contributed by atoms with Crippen molar-refractivity contribution in [3.63, 3.8) is 0 Å². The van der Waals surface area contributed by atoms with Crippen LogP contribution >= 0.6 is 11.6 Å². The van der Waals surface area contributed by atoms with Gasteiger partial charge in [0.25, 0.3) is 5.56 Å². The molecule has 0 aliphatic rings. The quantitative estimate of drug-likeness (QED) is 0.616. The third kappa shape index (κ3) is 5.22. The zero-order valence-corrected chi connectivity index (χ0v) is 17.7. The van der Waals surface area contributed by atoms with Crippen molar-refractivity contribution in [2.45, 2.75) is 12.8 Å². The largest absolute Gasteiger partial charge is 0.373 e. The van der Waals surface area contributed by atoms with Crippen LogP contribution in [0, 0.1) is 0 Å². The first kappa shape index (κ1) is 21.0. The molecular weight excluding hydrogens is 388 g/mol. The number of aromatic amines is 1. The molecule has 0 saturated carbocycles. The van der Waals surface area contributed by atoms with Gasteiger partial charge in [0.1, 0.15) is 5.78 Å². The number of hydrogen-bond donors (Lipinski definition) is 1. The van der Waals surface area contributed by atoms with Crippen LogP contribution in [0.2, 0.25) is 5.15 Å². The summed E-state index contributed by atoms with van der Waals surface area (Å²) in [6.07, 6.45) is 0.596. The Morgan fingerprint density at radius 3 is 2.55 bits per heavy atom. The summed E-state index contributed by atoms with van der Waals surface area (Å²) in [5.74, 6) is 0.0920. The Balaban J connectivity index is 1.75. The van der Waals surface area contributed by atoms with Gasteiger partial charge in [-0.1, -0.05) is 41.9 Å². The first-order chi connectivity index (χ1) is 13.8. The molecule has 0 radical (unpaired) electrons. The fourth-order valence-electron chi connectivity index (χ4n) is 3.30. The minimum absolute atomic E-state index is 0.0920. The number of carbonyl (C=O) groups excluding carboxylic acids is 1. The van der Waals surface area contributed by atoms with Gasteiger partial charge < -0.3 is 9.80 Å². The number of aromatic nitrogens is 2. The summed E-state index contributed by atoms with van der Waals surface area (Å²) < 4.78 is 0. The molecule has 0 atom stereocenters. The number of anilines is 1. The molecule has 3 aromatic rings. The topological polar surface area (TPSA) is 69.3 Å². The van der Waals surface area contributed by atoms with E-state index in [0.29, 0.717) is 17.2 Å². The Labute approximate surface area is 175 Å². The Morgan fingerprint density at radius 1 is 1.03 bits per heavy atom. The number of carbonyl (C=O) groups is 1. The van der Waals surface area contributed by atoms with E-state index in [-0.39, 0.29) is 22.9 Å². The number of H-pyrrole nitrogens is 1. The molecule has 2 aromatic carbocycles. The van der Waals surface area contributed by atoms with E-state index in [2.05, 4.69) is 20.0 Å². The maximum atomic E-state index is 12.8. The highest BCUT2D eigenvalue weighted by molar-refractivity contribution is 6.34. The van der Waals surface area contributed by atoms with Crippen LogP contribution in [0.4, 0.5) is 5.69 Å². The number of Topliss-reactive ketones (excluding diaryl/α,β-unsaturated/α-hetero) is 1. The maximum absolute atomic E-state index is 12.8. The summed E-state index contributed by atoms with van der Waals surface area (Å²) in [6, 6.07) is 13.3. The van der Waals surface area contributed by atoms with Crippen molar-refractivity contribution in [2.24, 2.45) is 0 Å². The Bertz CT molecular complexity index is 1080. The second-order valence-corrected chi connectivity index (χ2v) is 7.83. The first-order valence-electron chi connectivity index (χ1n) is 9.47. The summed E-state index contributed by atoms with van der Waals surface area (Å²) in [6.45, 7) is 1.81. The number of nitrogens with zero attached hydrogens (tertiary/aromatic N) is 3. The monoisotopic (exact) mass is 412 g/mol. The predicted octanol–water partition coefficient (Wildman–Crippen LogP) is 2.93. The van der Waals surface area contributed by atoms with Crippen LogP contribution in [0.1, 0.15) is 11.1 Å². The van der Waals surface area contributed by atoms with Crippen LogP contribution in [-0.4, -0.2) is 55.1 Å². The summed E-state index contributed by atoms with van der Waals surface area (Å²) in [5.41, 5.74) is 2.54. The van der Waals surface area contributed by atoms with E-state index >= 15 is 0 Å². The lowest BCUT2D eigenvalue weighted by molar-refractivity contribution is -0.117. The van der Waals surface area contributed by atoms with E-state index < -0.39 is 0 Å². The van der Waals surface area contributed by atoms with Gasteiger partial charge in [0.15, 0.2) is 5.15 Å². The molecule has 0 unspecified atom stereocenters. The second-order valence-electron chi connectivity index (χ2n) is 7.47. The molecule has 0 aliphatic heterocycles. The zero-order valence-electron chi connectivity index (χ0n) is 16.9. The normalized spacial score (nSPS) is 11.2. The van der Waals surface area contributed by atoms with E-state index in [4.69, 9.17) is 11.6 Å². The minimum Gasteiger partial charge on any atom is -0.373 e. The molecule has 0 spiro atoms. The second kappa shape index (κ2) is 9.20. The zero-order chi connectivity index (χ0) is 21.0. The lowest BCUT2D eigenvalue weighted by atomic mass is 10.00. The lowest BCUT2D eigenvalue weighted by Crippen LogP contribution is -2.29. The van der Waals surface area contributed by atoms with E-state index in [0.717, 1.165) is 29.9 Å². The molecular formula is C22H25ClN4O2. The standard InChI is InChI=1S/C22H25ClN4O2/c1-26(2)10-11-27(3)20-7-5-4-6-16(20)14-17(28)12-15-8-9-18-19(13-15)22(29)25-24-21(18)23/h4-9,13H,10-12,14H2,1-3H3,(H,25,29). The Kier molecular flexibility index (Phi) is 6.67.